The predicted molar refractivity (Wildman–Crippen MR) is 136 cm³/mol. The average Bonchev–Trinajstić information content (AvgIpc) is 3.09. The van der Waals surface area contributed by atoms with Gasteiger partial charge in [0.05, 0.1) is 24.3 Å². The van der Waals surface area contributed by atoms with Gasteiger partial charge < -0.3 is 14.6 Å². The fraction of sp³-hybridized carbons (Fsp3) is 0.241. The van der Waals surface area contributed by atoms with E-state index in [1.807, 2.05) is 64.1 Å². The predicted octanol–water partition coefficient (Wildman–Crippen LogP) is 5.81. The summed E-state index contributed by atoms with van der Waals surface area (Å²) in [5, 5.41) is 11.4. The van der Waals surface area contributed by atoms with Crippen molar-refractivity contribution in [2.75, 3.05) is 11.5 Å². The van der Waals surface area contributed by atoms with E-state index < -0.39 is 17.7 Å². The van der Waals surface area contributed by atoms with E-state index in [1.54, 1.807) is 36.4 Å². The number of hydrogen-bond donors (Lipinski definition) is 1. The normalized spacial score (nSPS) is 17.2. The van der Waals surface area contributed by atoms with Crippen molar-refractivity contribution >= 4 is 23.1 Å². The Morgan fingerprint density at radius 3 is 2.40 bits per heavy atom. The number of carbonyl (C=O) groups excluding carboxylic acids is 2. The molecule has 0 spiro atoms. The molecule has 3 aromatic rings. The third kappa shape index (κ3) is 4.78. The first-order valence-electron chi connectivity index (χ1n) is 11.7. The molecule has 1 saturated heterocycles. The summed E-state index contributed by atoms with van der Waals surface area (Å²) < 4.78 is 11.4. The molecule has 3 aromatic carbocycles. The van der Waals surface area contributed by atoms with E-state index in [9.17, 15) is 14.7 Å². The van der Waals surface area contributed by atoms with Crippen molar-refractivity contribution in [2.45, 2.75) is 39.8 Å². The Bertz CT molecular complexity index is 1290. The zero-order chi connectivity index (χ0) is 25.1. The highest BCUT2D eigenvalue weighted by molar-refractivity contribution is 6.51. The van der Waals surface area contributed by atoms with Gasteiger partial charge in [0.1, 0.15) is 17.3 Å². The minimum absolute atomic E-state index is 0.0219. The fourth-order valence-corrected chi connectivity index (χ4v) is 4.32. The van der Waals surface area contributed by atoms with Gasteiger partial charge in [0.25, 0.3) is 11.7 Å². The molecule has 4 rings (SSSR count). The Balaban J connectivity index is 1.93. The second-order valence-electron chi connectivity index (χ2n) is 8.66. The number of benzene rings is 3. The number of aryl methyl sites for hydroxylation is 1. The van der Waals surface area contributed by atoms with Crippen LogP contribution in [0.1, 0.15) is 43.5 Å². The number of para-hydroxylation sites is 1. The van der Waals surface area contributed by atoms with E-state index in [0.29, 0.717) is 34.9 Å². The topological polar surface area (TPSA) is 76.1 Å². The van der Waals surface area contributed by atoms with Gasteiger partial charge in [-0.3, -0.25) is 14.5 Å². The molecule has 1 unspecified atom stereocenters. The number of hydrogen-bond acceptors (Lipinski definition) is 5. The van der Waals surface area contributed by atoms with E-state index in [-0.39, 0.29) is 17.4 Å². The highest BCUT2D eigenvalue weighted by Gasteiger charge is 2.47. The van der Waals surface area contributed by atoms with Crippen LogP contribution in [0.25, 0.3) is 5.76 Å². The minimum Gasteiger partial charge on any atom is -0.507 e. The summed E-state index contributed by atoms with van der Waals surface area (Å²) >= 11 is 0. The zero-order valence-electron chi connectivity index (χ0n) is 20.3. The smallest absolute Gasteiger partial charge is 0.300 e. The van der Waals surface area contributed by atoms with Crippen molar-refractivity contribution in [1.29, 1.82) is 0 Å². The molecule has 35 heavy (non-hydrogen) atoms. The van der Waals surface area contributed by atoms with Crippen LogP contribution in [0.4, 0.5) is 5.69 Å². The number of aliphatic hydroxyl groups excluding tert-OH is 1. The number of nitrogens with zero attached hydrogens (tertiary/aromatic N) is 1. The number of rotatable bonds is 7. The standard InChI is InChI=1S/C29H29NO5/c1-5-34-22-13-8-11-20(16-22)26-25(27(31)21-12-9-14-23(17-21)35-18(2)3)28(32)29(33)30(26)24-15-7-6-10-19(24)4/h6-18,26,31H,5H2,1-4H3/b27-25-. The largest absolute Gasteiger partial charge is 0.507 e. The van der Waals surface area contributed by atoms with Gasteiger partial charge in [0.2, 0.25) is 0 Å². The Morgan fingerprint density at radius 2 is 1.69 bits per heavy atom. The maximum absolute atomic E-state index is 13.4. The Morgan fingerprint density at radius 1 is 0.971 bits per heavy atom. The van der Waals surface area contributed by atoms with Crippen molar-refractivity contribution in [3.63, 3.8) is 0 Å². The molecule has 1 aliphatic heterocycles. The van der Waals surface area contributed by atoms with E-state index in [4.69, 9.17) is 9.47 Å². The first-order chi connectivity index (χ1) is 16.8. The van der Waals surface area contributed by atoms with Crippen LogP contribution in [0.3, 0.4) is 0 Å². The van der Waals surface area contributed by atoms with Crippen LogP contribution < -0.4 is 14.4 Å². The van der Waals surface area contributed by atoms with Crippen molar-refractivity contribution in [2.24, 2.45) is 0 Å². The molecule has 6 heteroatoms. The molecule has 1 heterocycles. The molecule has 1 N–H and O–H groups in total. The highest BCUT2D eigenvalue weighted by Crippen LogP contribution is 2.43. The summed E-state index contributed by atoms with van der Waals surface area (Å²) in [6.07, 6.45) is -0.0552. The summed E-state index contributed by atoms with van der Waals surface area (Å²) in [6.45, 7) is 8.06. The SMILES string of the molecule is CCOc1cccc(C2/C(=C(/O)c3cccc(OC(C)C)c3)C(=O)C(=O)N2c2ccccc2C)c1. The Hall–Kier alpha value is -4.06. The number of Topliss-reactive ketones (excluding diaryl/α,β-unsaturated/α-hetero) is 1. The highest BCUT2D eigenvalue weighted by atomic mass is 16.5. The molecule has 6 nitrogen and oxygen atoms in total. The number of aliphatic hydroxyl groups is 1. The first kappa shape index (κ1) is 24.1. The summed E-state index contributed by atoms with van der Waals surface area (Å²) in [5.41, 5.74) is 2.53. The van der Waals surface area contributed by atoms with Crippen LogP contribution in [0, 0.1) is 6.92 Å². The number of anilines is 1. The van der Waals surface area contributed by atoms with Gasteiger partial charge in [0, 0.05) is 11.3 Å². The van der Waals surface area contributed by atoms with Crippen LogP contribution in [0.5, 0.6) is 11.5 Å². The second kappa shape index (κ2) is 10.1. The average molecular weight is 472 g/mol. The maximum atomic E-state index is 13.4. The molecule has 0 radical (unpaired) electrons. The summed E-state index contributed by atoms with van der Waals surface area (Å²) in [6, 6.07) is 20.7. The van der Waals surface area contributed by atoms with Crippen LogP contribution >= 0.6 is 0 Å². The molecule has 0 bridgehead atoms. The summed E-state index contributed by atoms with van der Waals surface area (Å²) in [4.78, 5) is 28.2. The molecule has 1 fully saturated rings. The first-order valence-corrected chi connectivity index (χ1v) is 11.7. The lowest BCUT2D eigenvalue weighted by Crippen LogP contribution is -2.30. The quantitative estimate of drug-likeness (QED) is 0.267. The van der Waals surface area contributed by atoms with Crippen molar-refractivity contribution < 1.29 is 24.2 Å². The van der Waals surface area contributed by atoms with E-state index in [2.05, 4.69) is 0 Å². The summed E-state index contributed by atoms with van der Waals surface area (Å²) in [5.74, 6) is -0.504. The third-order valence-corrected chi connectivity index (χ3v) is 5.78. The molecular weight excluding hydrogens is 442 g/mol. The van der Waals surface area contributed by atoms with E-state index >= 15 is 0 Å². The fourth-order valence-electron chi connectivity index (χ4n) is 4.32. The van der Waals surface area contributed by atoms with Crippen LogP contribution in [-0.4, -0.2) is 29.5 Å². The number of carbonyl (C=O) groups is 2. The molecule has 0 aliphatic carbocycles. The van der Waals surface area contributed by atoms with Gasteiger partial charge in [-0.25, -0.2) is 0 Å². The molecule has 1 amide bonds. The number of amides is 1. The number of ether oxygens (including phenoxy) is 2. The van der Waals surface area contributed by atoms with Crippen LogP contribution in [-0.2, 0) is 9.59 Å². The van der Waals surface area contributed by atoms with Gasteiger partial charge in [-0.1, -0.05) is 42.5 Å². The molecule has 0 saturated carbocycles. The van der Waals surface area contributed by atoms with Gasteiger partial charge in [-0.2, -0.15) is 0 Å². The molecular formula is C29H29NO5. The lowest BCUT2D eigenvalue weighted by atomic mass is 9.94. The van der Waals surface area contributed by atoms with Gasteiger partial charge in [-0.15, -0.1) is 0 Å². The van der Waals surface area contributed by atoms with Crippen LogP contribution in [0.15, 0.2) is 78.4 Å². The molecule has 1 aliphatic rings. The third-order valence-electron chi connectivity index (χ3n) is 5.78. The second-order valence-corrected chi connectivity index (χ2v) is 8.66. The van der Waals surface area contributed by atoms with Gasteiger partial charge in [0.15, 0.2) is 0 Å². The lowest BCUT2D eigenvalue weighted by molar-refractivity contribution is -0.132. The maximum Gasteiger partial charge on any atom is 0.300 e. The van der Waals surface area contributed by atoms with Crippen molar-refractivity contribution in [3.05, 3.63) is 95.1 Å². The van der Waals surface area contributed by atoms with Crippen molar-refractivity contribution in [1.82, 2.24) is 0 Å². The minimum atomic E-state index is -0.828. The lowest BCUT2D eigenvalue weighted by Gasteiger charge is -2.27. The summed E-state index contributed by atoms with van der Waals surface area (Å²) in [7, 11) is 0. The Kier molecular flexibility index (Phi) is 6.92. The van der Waals surface area contributed by atoms with E-state index in [0.717, 1.165) is 5.56 Å². The monoisotopic (exact) mass is 471 g/mol. The molecule has 180 valence electrons. The van der Waals surface area contributed by atoms with Crippen LogP contribution in [0.2, 0.25) is 0 Å². The number of ketones is 1. The zero-order valence-corrected chi connectivity index (χ0v) is 20.3. The molecule has 1 atom stereocenters. The Labute approximate surface area is 205 Å². The van der Waals surface area contributed by atoms with Crippen molar-refractivity contribution in [3.8, 4) is 11.5 Å². The van der Waals surface area contributed by atoms with E-state index in [1.165, 1.54) is 4.90 Å². The van der Waals surface area contributed by atoms with Gasteiger partial charge >= 0.3 is 0 Å². The van der Waals surface area contributed by atoms with Gasteiger partial charge in [-0.05, 0) is 69.2 Å². The molecule has 0 aromatic heterocycles.